The van der Waals surface area contributed by atoms with Crippen LogP contribution in [0.2, 0.25) is 0 Å². The Labute approximate surface area is 177 Å². The van der Waals surface area contributed by atoms with Crippen molar-refractivity contribution in [1.82, 2.24) is 34.3 Å². The van der Waals surface area contributed by atoms with Crippen LogP contribution in [0.15, 0.2) is 53.2 Å². The van der Waals surface area contributed by atoms with Crippen molar-refractivity contribution in [3.05, 3.63) is 66.5 Å². The van der Waals surface area contributed by atoms with Gasteiger partial charge in [-0.1, -0.05) is 13.0 Å². The van der Waals surface area contributed by atoms with E-state index < -0.39 is 5.95 Å². The molecule has 0 unspecified atom stereocenters. The van der Waals surface area contributed by atoms with E-state index in [0.29, 0.717) is 29.8 Å². The lowest BCUT2D eigenvalue weighted by Crippen LogP contribution is -2.10. The Hall–Kier alpha value is -3.88. The Kier molecular flexibility index (Phi) is 4.78. The molecule has 31 heavy (non-hydrogen) atoms. The molecule has 0 saturated heterocycles. The fourth-order valence-electron chi connectivity index (χ4n) is 3.67. The van der Waals surface area contributed by atoms with Crippen molar-refractivity contribution in [2.24, 2.45) is 0 Å². The Morgan fingerprint density at radius 2 is 2.00 bits per heavy atom. The summed E-state index contributed by atoms with van der Waals surface area (Å²) >= 11 is 0. The zero-order valence-corrected chi connectivity index (χ0v) is 17.2. The number of benzene rings is 1. The second kappa shape index (κ2) is 7.75. The van der Waals surface area contributed by atoms with Gasteiger partial charge in [0.05, 0.1) is 17.6 Å². The van der Waals surface area contributed by atoms with Gasteiger partial charge in [-0.05, 0) is 36.8 Å². The highest BCUT2D eigenvalue weighted by Crippen LogP contribution is 2.26. The predicted octanol–water partition coefficient (Wildman–Crippen LogP) is 4.25. The third-order valence-electron chi connectivity index (χ3n) is 5.02. The lowest BCUT2D eigenvalue weighted by Gasteiger charge is -2.10. The molecular formula is C22H20FN7O. The standard InChI is InChI=1S/C22H20FN7O/c1-3-10-30-18-8-7-15(22-28-27-14(2)31-22)12-17(18)26-20(30)13-29-11-9-24-21(29)16-5-4-6-19(23)25-16/h4-9,11-12H,3,10,13H2,1-2H3. The first kappa shape index (κ1) is 19.1. The van der Waals surface area contributed by atoms with E-state index in [1.165, 1.54) is 6.07 Å². The first-order valence-corrected chi connectivity index (χ1v) is 10.1. The number of fused-ring (bicyclic) bond motifs is 1. The van der Waals surface area contributed by atoms with Gasteiger partial charge in [0.1, 0.15) is 11.5 Å². The van der Waals surface area contributed by atoms with Crippen molar-refractivity contribution in [1.29, 1.82) is 0 Å². The molecule has 1 aromatic carbocycles. The Balaban J connectivity index is 1.55. The fraction of sp³-hybridized carbons (Fsp3) is 0.227. The van der Waals surface area contributed by atoms with E-state index in [9.17, 15) is 4.39 Å². The van der Waals surface area contributed by atoms with Gasteiger partial charge < -0.3 is 13.6 Å². The number of nitrogens with zero attached hydrogens (tertiary/aromatic N) is 7. The fourth-order valence-corrected chi connectivity index (χ4v) is 3.67. The maximum atomic E-state index is 13.6. The summed E-state index contributed by atoms with van der Waals surface area (Å²) in [6.07, 6.45) is 4.50. The quantitative estimate of drug-likeness (QED) is 0.384. The number of hydrogen-bond donors (Lipinski definition) is 0. The zero-order chi connectivity index (χ0) is 21.4. The largest absolute Gasteiger partial charge is 0.421 e. The number of imidazole rings is 2. The molecule has 0 radical (unpaired) electrons. The van der Waals surface area contributed by atoms with E-state index in [4.69, 9.17) is 9.40 Å². The van der Waals surface area contributed by atoms with Crippen molar-refractivity contribution >= 4 is 11.0 Å². The maximum Gasteiger partial charge on any atom is 0.247 e. The van der Waals surface area contributed by atoms with Crippen LogP contribution in [0.25, 0.3) is 34.0 Å². The van der Waals surface area contributed by atoms with E-state index in [1.54, 1.807) is 25.3 Å². The van der Waals surface area contributed by atoms with E-state index in [-0.39, 0.29) is 0 Å². The first-order chi connectivity index (χ1) is 15.1. The van der Waals surface area contributed by atoms with Gasteiger partial charge in [-0.2, -0.15) is 4.39 Å². The number of halogens is 1. The van der Waals surface area contributed by atoms with Gasteiger partial charge in [0.25, 0.3) is 0 Å². The van der Waals surface area contributed by atoms with Crippen LogP contribution in [-0.2, 0) is 13.1 Å². The minimum absolute atomic E-state index is 0.472. The van der Waals surface area contributed by atoms with Crippen LogP contribution in [0.5, 0.6) is 0 Å². The van der Waals surface area contributed by atoms with Gasteiger partial charge in [-0.15, -0.1) is 10.2 Å². The molecule has 9 heteroatoms. The smallest absolute Gasteiger partial charge is 0.247 e. The van der Waals surface area contributed by atoms with Gasteiger partial charge in [0.2, 0.25) is 17.7 Å². The Bertz CT molecular complexity index is 1370. The molecule has 156 valence electrons. The summed E-state index contributed by atoms with van der Waals surface area (Å²) < 4.78 is 23.3. The van der Waals surface area contributed by atoms with Crippen molar-refractivity contribution < 1.29 is 8.81 Å². The topological polar surface area (TPSA) is 87.5 Å². The van der Waals surface area contributed by atoms with Crippen LogP contribution in [0.4, 0.5) is 4.39 Å². The van der Waals surface area contributed by atoms with E-state index in [2.05, 4.69) is 31.7 Å². The average molecular weight is 417 g/mol. The monoisotopic (exact) mass is 417 g/mol. The SMILES string of the molecule is CCCn1c(Cn2ccnc2-c2cccc(F)n2)nc2cc(-c3nnc(C)o3)ccc21. The molecule has 0 aliphatic heterocycles. The number of aromatic nitrogens is 7. The number of pyridine rings is 1. The molecule has 8 nitrogen and oxygen atoms in total. The minimum atomic E-state index is -0.533. The third-order valence-corrected chi connectivity index (χ3v) is 5.02. The van der Waals surface area contributed by atoms with Crippen LogP contribution >= 0.6 is 0 Å². The van der Waals surface area contributed by atoms with E-state index in [0.717, 1.165) is 35.4 Å². The minimum Gasteiger partial charge on any atom is -0.421 e. The highest BCUT2D eigenvalue weighted by Gasteiger charge is 2.16. The van der Waals surface area contributed by atoms with Crippen LogP contribution in [0.1, 0.15) is 25.1 Å². The Morgan fingerprint density at radius 1 is 1.10 bits per heavy atom. The molecule has 0 N–H and O–H groups in total. The van der Waals surface area contributed by atoms with Crippen molar-refractivity contribution in [3.8, 4) is 23.0 Å². The summed E-state index contributed by atoms with van der Waals surface area (Å²) in [7, 11) is 0. The normalized spacial score (nSPS) is 11.5. The van der Waals surface area contributed by atoms with Gasteiger partial charge in [0.15, 0.2) is 5.82 Å². The van der Waals surface area contributed by atoms with Gasteiger partial charge in [0, 0.05) is 31.4 Å². The summed E-state index contributed by atoms with van der Waals surface area (Å²) in [6, 6.07) is 10.6. The predicted molar refractivity (Wildman–Crippen MR) is 113 cm³/mol. The molecule has 0 fully saturated rings. The number of rotatable bonds is 6. The van der Waals surface area contributed by atoms with Crippen LogP contribution < -0.4 is 0 Å². The summed E-state index contributed by atoms with van der Waals surface area (Å²) in [5, 5.41) is 8.00. The van der Waals surface area contributed by atoms with Crippen LogP contribution in [0, 0.1) is 12.9 Å². The molecule has 0 saturated carbocycles. The zero-order valence-electron chi connectivity index (χ0n) is 17.2. The van der Waals surface area contributed by atoms with E-state index in [1.807, 2.05) is 29.0 Å². The van der Waals surface area contributed by atoms with Gasteiger partial charge >= 0.3 is 0 Å². The second-order valence-corrected chi connectivity index (χ2v) is 7.23. The molecule has 4 aromatic heterocycles. The molecule has 0 bridgehead atoms. The summed E-state index contributed by atoms with van der Waals surface area (Å²) in [4.78, 5) is 13.2. The average Bonchev–Trinajstić information content (AvgIpc) is 3.48. The van der Waals surface area contributed by atoms with E-state index >= 15 is 0 Å². The summed E-state index contributed by atoms with van der Waals surface area (Å²) in [5.74, 6) is 1.93. The second-order valence-electron chi connectivity index (χ2n) is 7.23. The molecule has 5 rings (SSSR count). The third kappa shape index (κ3) is 3.58. The molecule has 0 spiro atoms. The van der Waals surface area contributed by atoms with Crippen LogP contribution in [0.3, 0.4) is 0 Å². The molecule has 0 aliphatic carbocycles. The lowest BCUT2D eigenvalue weighted by molar-refractivity contribution is 0.533. The highest BCUT2D eigenvalue weighted by molar-refractivity contribution is 5.81. The van der Waals surface area contributed by atoms with Crippen molar-refractivity contribution in [3.63, 3.8) is 0 Å². The maximum absolute atomic E-state index is 13.6. The Morgan fingerprint density at radius 3 is 2.77 bits per heavy atom. The molecule has 0 aliphatic rings. The summed E-state index contributed by atoms with van der Waals surface area (Å²) in [6.45, 7) is 5.20. The van der Waals surface area contributed by atoms with Crippen molar-refractivity contribution in [2.45, 2.75) is 33.4 Å². The van der Waals surface area contributed by atoms with Crippen LogP contribution in [-0.4, -0.2) is 34.3 Å². The summed E-state index contributed by atoms with van der Waals surface area (Å²) in [5.41, 5.74) is 3.19. The lowest BCUT2D eigenvalue weighted by atomic mass is 10.2. The molecule has 0 atom stereocenters. The highest BCUT2D eigenvalue weighted by atomic mass is 19.1. The molecule has 0 amide bonds. The number of aryl methyl sites for hydroxylation is 2. The van der Waals surface area contributed by atoms with Gasteiger partial charge in [-0.25, -0.2) is 15.0 Å². The first-order valence-electron chi connectivity index (χ1n) is 10.1. The van der Waals surface area contributed by atoms with Crippen molar-refractivity contribution in [2.75, 3.05) is 0 Å². The molecule has 4 heterocycles. The molecular weight excluding hydrogens is 397 g/mol. The van der Waals surface area contributed by atoms with Gasteiger partial charge in [-0.3, -0.25) is 0 Å². The molecule has 5 aromatic rings. The number of hydrogen-bond acceptors (Lipinski definition) is 6.